The molecule has 1 aliphatic heterocycles. The summed E-state index contributed by atoms with van der Waals surface area (Å²) in [4.78, 5) is 12.1. The largest absolute Gasteiger partial charge is 0.376 e. The summed E-state index contributed by atoms with van der Waals surface area (Å²) in [5.41, 5.74) is 3.31. The van der Waals surface area contributed by atoms with Crippen molar-refractivity contribution in [1.29, 1.82) is 0 Å². The molecule has 1 heterocycles. The maximum Gasteiger partial charge on any atom is 0.319 e. The zero-order valence-electron chi connectivity index (χ0n) is 13.2. The van der Waals surface area contributed by atoms with Crippen molar-refractivity contribution in [2.45, 2.75) is 52.1 Å². The van der Waals surface area contributed by atoms with E-state index in [1.807, 2.05) is 0 Å². The third kappa shape index (κ3) is 4.21. The Bertz CT molecular complexity index is 480. The van der Waals surface area contributed by atoms with Crippen molar-refractivity contribution in [3.63, 3.8) is 0 Å². The van der Waals surface area contributed by atoms with Gasteiger partial charge >= 0.3 is 6.03 Å². The molecule has 1 atom stereocenters. The van der Waals surface area contributed by atoms with Crippen molar-refractivity contribution < 1.29 is 9.53 Å². The highest BCUT2D eigenvalue weighted by Crippen LogP contribution is 2.28. The van der Waals surface area contributed by atoms with Crippen molar-refractivity contribution in [3.8, 4) is 0 Å². The van der Waals surface area contributed by atoms with Crippen LogP contribution in [0, 0.1) is 0 Å². The van der Waals surface area contributed by atoms with Crippen LogP contribution in [0.5, 0.6) is 0 Å². The SMILES string of the molecule is CCc1cccc(C(C)C)c1NC(=O)NCC1CCCO1. The van der Waals surface area contributed by atoms with E-state index in [0.717, 1.165) is 31.6 Å². The number of benzene rings is 1. The number of nitrogens with one attached hydrogen (secondary N) is 2. The number of hydrogen-bond acceptors (Lipinski definition) is 2. The van der Waals surface area contributed by atoms with Crippen LogP contribution in [-0.2, 0) is 11.2 Å². The number of rotatable bonds is 5. The molecular formula is C17H26N2O2. The van der Waals surface area contributed by atoms with Crippen LogP contribution in [0.1, 0.15) is 50.7 Å². The second kappa shape index (κ2) is 7.46. The Morgan fingerprint density at radius 3 is 2.86 bits per heavy atom. The molecule has 1 aromatic rings. The molecule has 1 fully saturated rings. The summed E-state index contributed by atoms with van der Waals surface area (Å²) in [6.07, 6.45) is 3.19. The van der Waals surface area contributed by atoms with Gasteiger partial charge in [-0.05, 0) is 36.3 Å². The van der Waals surface area contributed by atoms with Crippen LogP contribution in [0.2, 0.25) is 0 Å². The van der Waals surface area contributed by atoms with Gasteiger partial charge in [0.1, 0.15) is 0 Å². The summed E-state index contributed by atoms with van der Waals surface area (Å²) in [5.74, 6) is 0.380. The second-order valence-corrected chi connectivity index (χ2v) is 5.86. The molecule has 0 saturated carbocycles. The lowest BCUT2D eigenvalue weighted by molar-refractivity contribution is 0.112. The normalized spacial score (nSPS) is 18.0. The zero-order valence-corrected chi connectivity index (χ0v) is 13.2. The summed E-state index contributed by atoms with van der Waals surface area (Å²) in [6, 6.07) is 6.07. The van der Waals surface area contributed by atoms with E-state index in [0.29, 0.717) is 12.5 Å². The lowest BCUT2D eigenvalue weighted by atomic mass is 9.96. The quantitative estimate of drug-likeness (QED) is 0.869. The van der Waals surface area contributed by atoms with Gasteiger partial charge in [-0.2, -0.15) is 0 Å². The first-order chi connectivity index (χ1) is 10.1. The number of ether oxygens (including phenoxy) is 1. The zero-order chi connectivity index (χ0) is 15.2. The van der Waals surface area contributed by atoms with Gasteiger partial charge in [0, 0.05) is 18.8 Å². The molecule has 2 N–H and O–H groups in total. The van der Waals surface area contributed by atoms with Crippen LogP contribution in [0.4, 0.5) is 10.5 Å². The Labute approximate surface area is 127 Å². The van der Waals surface area contributed by atoms with Crippen molar-refractivity contribution in [2.24, 2.45) is 0 Å². The highest BCUT2D eigenvalue weighted by Gasteiger charge is 2.17. The fourth-order valence-corrected chi connectivity index (χ4v) is 2.72. The molecule has 1 saturated heterocycles. The number of urea groups is 1. The first-order valence-electron chi connectivity index (χ1n) is 7.90. The molecule has 1 aromatic carbocycles. The van der Waals surface area contributed by atoms with E-state index in [2.05, 4.69) is 49.6 Å². The molecular weight excluding hydrogens is 264 g/mol. The number of aryl methyl sites for hydroxylation is 1. The smallest absolute Gasteiger partial charge is 0.319 e. The maximum absolute atomic E-state index is 12.1. The summed E-state index contributed by atoms with van der Waals surface area (Å²) >= 11 is 0. The van der Waals surface area contributed by atoms with E-state index in [-0.39, 0.29) is 12.1 Å². The van der Waals surface area contributed by atoms with Crippen LogP contribution in [0.3, 0.4) is 0 Å². The predicted molar refractivity (Wildman–Crippen MR) is 85.9 cm³/mol. The Morgan fingerprint density at radius 2 is 2.24 bits per heavy atom. The van der Waals surface area contributed by atoms with Crippen molar-refractivity contribution >= 4 is 11.7 Å². The molecule has 116 valence electrons. The fraction of sp³-hybridized carbons (Fsp3) is 0.588. The standard InChI is InChI=1S/C17H26N2O2/c1-4-13-7-5-9-15(12(2)3)16(13)19-17(20)18-11-14-8-6-10-21-14/h5,7,9,12,14H,4,6,8,10-11H2,1-3H3,(H2,18,19,20). The van der Waals surface area contributed by atoms with Crippen LogP contribution in [0.25, 0.3) is 0 Å². The van der Waals surface area contributed by atoms with Crippen LogP contribution in [0.15, 0.2) is 18.2 Å². The predicted octanol–water partition coefficient (Wildman–Crippen LogP) is 3.67. The summed E-state index contributed by atoms with van der Waals surface area (Å²) < 4.78 is 5.52. The van der Waals surface area contributed by atoms with Gasteiger partial charge in [0.25, 0.3) is 0 Å². The molecule has 0 radical (unpaired) electrons. The molecule has 21 heavy (non-hydrogen) atoms. The van der Waals surface area contributed by atoms with E-state index in [9.17, 15) is 4.79 Å². The molecule has 0 aliphatic carbocycles. The van der Waals surface area contributed by atoms with E-state index >= 15 is 0 Å². The van der Waals surface area contributed by atoms with Gasteiger partial charge in [-0.1, -0.05) is 39.0 Å². The monoisotopic (exact) mass is 290 g/mol. The number of carbonyl (C=O) groups is 1. The molecule has 4 nitrogen and oxygen atoms in total. The summed E-state index contributed by atoms with van der Waals surface area (Å²) in [6.45, 7) is 7.78. The second-order valence-electron chi connectivity index (χ2n) is 5.86. The fourth-order valence-electron chi connectivity index (χ4n) is 2.72. The molecule has 2 amide bonds. The number of para-hydroxylation sites is 1. The number of carbonyl (C=O) groups excluding carboxylic acids is 1. The minimum atomic E-state index is -0.145. The number of anilines is 1. The van der Waals surface area contributed by atoms with E-state index in [1.54, 1.807) is 0 Å². The Hall–Kier alpha value is -1.55. The number of amides is 2. The molecule has 1 unspecified atom stereocenters. The van der Waals surface area contributed by atoms with Gasteiger partial charge in [-0.15, -0.1) is 0 Å². The van der Waals surface area contributed by atoms with Gasteiger partial charge in [-0.3, -0.25) is 0 Å². The molecule has 0 aromatic heterocycles. The third-order valence-corrected chi connectivity index (χ3v) is 3.94. The minimum Gasteiger partial charge on any atom is -0.376 e. The minimum absolute atomic E-state index is 0.145. The van der Waals surface area contributed by atoms with Gasteiger partial charge in [-0.25, -0.2) is 4.79 Å². The molecule has 1 aliphatic rings. The van der Waals surface area contributed by atoms with E-state index in [4.69, 9.17) is 4.74 Å². The van der Waals surface area contributed by atoms with E-state index < -0.39 is 0 Å². The van der Waals surface area contributed by atoms with Crippen LogP contribution >= 0.6 is 0 Å². The third-order valence-electron chi connectivity index (χ3n) is 3.94. The first-order valence-corrected chi connectivity index (χ1v) is 7.90. The van der Waals surface area contributed by atoms with Crippen molar-refractivity contribution in [1.82, 2.24) is 5.32 Å². The highest BCUT2D eigenvalue weighted by atomic mass is 16.5. The Balaban J connectivity index is 2.01. The molecule has 0 bridgehead atoms. The van der Waals surface area contributed by atoms with Gasteiger partial charge in [0.05, 0.1) is 6.10 Å². The lowest BCUT2D eigenvalue weighted by Gasteiger charge is -2.18. The highest BCUT2D eigenvalue weighted by molar-refractivity contribution is 5.91. The lowest BCUT2D eigenvalue weighted by Crippen LogP contribution is -2.35. The molecule has 4 heteroatoms. The van der Waals surface area contributed by atoms with E-state index in [1.165, 1.54) is 11.1 Å². The van der Waals surface area contributed by atoms with Crippen molar-refractivity contribution in [3.05, 3.63) is 29.3 Å². The first kappa shape index (κ1) is 15.8. The molecule has 2 rings (SSSR count). The Kier molecular flexibility index (Phi) is 5.62. The number of hydrogen-bond donors (Lipinski definition) is 2. The summed E-state index contributed by atoms with van der Waals surface area (Å²) in [7, 11) is 0. The average molecular weight is 290 g/mol. The topological polar surface area (TPSA) is 50.4 Å². The van der Waals surface area contributed by atoms with Gasteiger partial charge in [0.2, 0.25) is 0 Å². The molecule has 0 spiro atoms. The van der Waals surface area contributed by atoms with Crippen LogP contribution < -0.4 is 10.6 Å². The van der Waals surface area contributed by atoms with Crippen molar-refractivity contribution in [2.75, 3.05) is 18.5 Å². The summed E-state index contributed by atoms with van der Waals surface area (Å²) in [5, 5.41) is 5.95. The Morgan fingerprint density at radius 1 is 1.43 bits per heavy atom. The van der Waals surface area contributed by atoms with Gasteiger partial charge < -0.3 is 15.4 Å². The van der Waals surface area contributed by atoms with Gasteiger partial charge in [0.15, 0.2) is 0 Å². The van der Waals surface area contributed by atoms with Crippen LogP contribution in [-0.4, -0.2) is 25.3 Å². The average Bonchev–Trinajstić information content (AvgIpc) is 2.98. The maximum atomic E-state index is 12.1.